The summed E-state index contributed by atoms with van der Waals surface area (Å²) in [5.41, 5.74) is 1.43. The van der Waals surface area contributed by atoms with E-state index >= 15 is 0 Å². The van der Waals surface area contributed by atoms with Gasteiger partial charge >= 0.3 is 12.0 Å². The third-order valence-corrected chi connectivity index (χ3v) is 4.27. The SMILES string of the molecule is O=C(NCCC1=CCCCC1)NC1CCCC1C(=O)O. The molecule has 0 aromatic rings. The molecular weight excluding hydrogens is 256 g/mol. The molecule has 5 nitrogen and oxygen atoms in total. The second-order valence-electron chi connectivity index (χ2n) is 5.74. The Morgan fingerprint density at radius 1 is 1.25 bits per heavy atom. The van der Waals surface area contributed by atoms with Crippen molar-refractivity contribution in [3.8, 4) is 0 Å². The van der Waals surface area contributed by atoms with Crippen LogP contribution in [0.3, 0.4) is 0 Å². The summed E-state index contributed by atoms with van der Waals surface area (Å²) >= 11 is 0. The topological polar surface area (TPSA) is 78.4 Å². The molecular formula is C15H24N2O3. The number of carbonyl (C=O) groups excluding carboxylic acids is 1. The van der Waals surface area contributed by atoms with Crippen LogP contribution in [0, 0.1) is 5.92 Å². The lowest BCUT2D eigenvalue weighted by molar-refractivity contribution is -0.142. The van der Waals surface area contributed by atoms with Crippen LogP contribution in [0.1, 0.15) is 51.4 Å². The Balaban J connectivity index is 1.67. The van der Waals surface area contributed by atoms with E-state index in [-0.39, 0.29) is 12.1 Å². The largest absolute Gasteiger partial charge is 0.481 e. The fourth-order valence-corrected chi connectivity index (χ4v) is 3.12. The van der Waals surface area contributed by atoms with Gasteiger partial charge in [0, 0.05) is 12.6 Å². The molecule has 1 saturated carbocycles. The molecule has 0 aromatic carbocycles. The van der Waals surface area contributed by atoms with E-state index in [1.54, 1.807) is 0 Å². The molecule has 112 valence electrons. The van der Waals surface area contributed by atoms with Crippen LogP contribution in [-0.2, 0) is 4.79 Å². The Morgan fingerprint density at radius 2 is 2.10 bits per heavy atom. The molecule has 2 aliphatic carbocycles. The second-order valence-corrected chi connectivity index (χ2v) is 5.74. The summed E-state index contributed by atoms with van der Waals surface area (Å²) in [7, 11) is 0. The molecule has 0 saturated heterocycles. The van der Waals surface area contributed by atoms with E-state index in [1.165, 1.54) is 18.4 Å². The molecule has 2 amide bonds. The Hall–Kier alpha value is -1.52. The fourth-order valence-electron chi connectivity index (χ4n) is 3.12. The molecule has 0 heterocycles. The number of amides is 2. The predicted molar refractivity (Wildman–Crippen MR) is 76.5 cm³/mol. The van der Waals surface area contributed by atoms with E-state index in [0.717, 1.165) is 32.1 Å². The number of allylic oxidation sites excluding steroid dienone is 1. The summed E-state index contributed by atoms with van der Waals surface area (Å²) in [6.45, 7) is 0.627. The zero-order valence-corrected chi connectivity index (χ0v) is 11.9. The summed E-state index contributed by atoms with van der Waals surface area (Å²) < 4.78 is 0. The molecule has 2 rings (SSSR count). The van der Waals surface area contributed by atoms with Gasteiger partial charge in [0.05, 0.1) is 5.92 Å². The first-order valence-electron chi connectivity index (χ1n) is 7.62. The maximum Gasteiger partial charge on any atom is 0.315 e. The minimum atomic E-state index is -0.805. The third kappa shape index (κ3) is 4.25. The first-order chi connectivity index (χ1) is 9.66. The summed E-state index contributed by atoms with van der Waals surface area (Å²) in [6.07, 6.45) is 10.3. The van der Waals surface area contributed by atoms with Gasteiger partial charge in [0.15, 0.2) is 0 Å². The molecule has 2 atom stereocenters. The number of carboxylic acids is 1. The Morgan fingerprint density at radius 3 is 2.80 bits per heavy atom. The molecule has 0 bridgehead atoms. The molecule has 20 heavy (non-hydrogen) atoms. The lowest BCUT2D eigenvalue weighted by atomic mass is 9.97. The molecule has 1 fully saturated rings. The normalized spacial score (nSPS) is 25.9. The molecule has 5 heteroatoms. The lowest BCUT2D eigenvalue weighted by Gasteiger charge is -2.18. The number of nitrogens with one attached hydrogen (secondary N) is 2. The quantitative estimate of drug-likeness (QED) is 0.677. The van der Waals surface area contributed by atoms with Crippen LogP contribution in [0.15, 0.2) is 11.6 Å². The molecule has 2 unspecified atom stereocenters. The number of aliphatic carboxylic acids is 1. The van der Waals surface area contributed by atoms with E-state index in [4.69, 9.17) is 5.11 Å². The van der Waals surface area contributed by atoms with Crippen LogP contribution in [0.25, 0.3) is 0 Å². The van der Waals surface area contributed by atoms with Gasteiger partial charge in [0.1, 0.15) is 0 Å². The highest BCUT2D eigenvalue weighted by Gasteiger charge is 2.33. The van der Waals surface area contributed by atoms with Crippen molar-refractivity contribution < 1.29 is 14.7 Å². The highest BCUT2D eigenvalue weighted by atomic mass is 16.4. The Bertz CT molecular complexity index is 393. The van der Waals surface area contributed by atoms with Crippen LogP contribution >= 0.6 is 0 Å². The minimum Gasteiger partial charge on any atom is -0.481 e. The van der Waals surface area contributed by atoms with Crippen LogP contribution in [-0.4, -0.2) is 29.7 Å². The minimum absolute atomic E-state index is 0.221. The van der Waals surface area contributed by atoms with Crippen molar-refractivity contribution >= 4 is 12.0 Å². The lowest BCUT2D eigenvalue weighted by Crippen LogP contribution is -2.45. The van der Waals surface area contributed by atoms with Crippen LogP contribution in [0.2, 0.25) is 0 Å². The maximum atomic E-state index is 11.8. The van der Waals surface area contributed by atoms with Crippen LogP contribution in [0.4, 0.5) is 4.79 Å². The van der Waals surface area contributed by atoms with Crippen molar-refractivity contribution in [1.82, 2.24) is 10.6 Å². The molecule has 0 aromatic heterocycles. The van der Waals surface area contributed by atoms with E-state index in [1.807, 2.05) is 0 Å². The Kier molecular flexibility index (Phi) is 5.44. The van der Waals surface area contributed by atoms with E-state index in [9.17, 15) is 9.59 Å². The number of hydrogen-bond donors (Lipinski definition) is 3. The highest BCUT2D eigenvalue weighted by molar-refractivity contribution is 5.77. The Labute approximate surface area is 119 Å². The first kappa shape index (κ1) is 14.9. The molecule has 3 N–H and O–H groups in total. The molecule has 0 aliphatic heterocycles. The van der Waals surface area contributed by atoms with E-state index in [2.05, 4.69) is 16.7 Å². The van der Waals surface area contributed by atoms with Crippen LogP contribution in [0.5, 0.6) is 0 Å². The van der Waals surface area contributed by atoms with Gasteiger partial charge in [-0.25, -0.2) is 4.79 Å². The van der Waals surface area contributed by atoms with Gasteiger partial charge in [0.25, 0.3) is 0 Å². The van der Waals surface area contributed by atoms with Crippen molar-refractivity contribution in [2.24, 2.45) is 5.92 Å². The first-order valence-corrected chi connectivity index (χ1v) is 7.62. The fraction of sp³-hybridized carbons (Fsp3) is 0.733. The third-order valence-electron chi connectivity index (χ3n) is 4.27. The summed E-state index contributed by atoms with van der Waals surface area (Å²) in [6, 6.07) is -0.457. The van der Waals surface area contributed by atoms with Crippen molar-refractivity contribution in [2.75, 3.05) is 6.54 Å². The summed E-state index contributed by atoms with van der Waals surface area (Å²) in [5.74, 6) is -1.23. The van der Waals surface area contributed by atoms with Gasteiger partial charge in [-0.05, 0) is 44.9 Å². The van der Waals surface area contributed by atoms with Gasteiger partial charge in [-0.15, -0.1) is 0 Å². The van der Waals surface area contributed by atoms with Crippen molar-refractivity contribution in [3.05, 3.63) is 11.6 Å². The van der Waals surface area contributed by atoms with Crippen LogP contribution < -0.4 is 10.6 Å². The van der Waals surface area contributed by atoms with Crippen molar-refractivity contribution in [1.29, 1.82) is 0 Å². The zero-order valence-electron chi connectivity index (χ0n) is 11.9. The zero-order chi connectivity index (χ0) is 14.4. The van der Waals surface area contributed by atoms with Gasteiger partial charge in [0.2, 0.25) is 0 Å². The molecule has 0 radical (unpaired) electrons. The smallest absolute Gasteiger partial charge is 0.315 e. The van der Waals surface area contributed by atoms with Gasteiger partial charge in [-0.2, -0.15) is 0 Å². The highest BCUT2D eigenvalue weighted by Crippen LogP contribution is 2.25. The predicted octanol–water partition coefficient (Wildman–Crippen LogP) is 2.43. The van der Waals surface area contributed by atoms with Crippen molar-refractivity contribution in [3.63, 3.8) is 0 Å². The van der Waals surface area contributed by atoms with Gasteiger partial charge < -0.3 is 15.7 Å². The summed E-state index contributed by atoms with van der Waals surface area (Å²) in [4.78, 5) is 22.8. The monoisotopic (exact) mass is 280 g/mol. The van der Waals surface area contributed by atoms with E-state index in [0.29, 0.717) is 13.0 Å². The average molecular weight is 280 g/mol. The van der Waals surface area contributed by atoms with Crippen molar-refractivity contribution in [2.45, 2.75) is 57.4 Å². The van der Waals surface area contributed by atoms with E-state index < -0.39 is 11.9 Å². The molecule has 2 aliphatic rings. The summed E-state index contributed by atoms with van der Waals surface area (Å²) in [5, 5.41) is 14.7. The molecule has 0 spiro atoms. The average Bonchev–Trinajstić information content (AvgIpc) is 2.88. The number of hydrogen-bond acceptors (Lipinski definition) is 2. The standard InChI is InChI=1S/C15H24N2O3/c18-14(19)12-7-4-8-13(12)17-15(20)16-10-9-11-5-2-1-3-6-11/h5,12-13H,1-4,6-10H2,(H,18,19)(H2,16,17,20). The van der Waals surface area contributed by atoms with Gasteiger partial charge in [-0.1, -0.05) is 18.1 Å². The number of carbonyl (C=O) groups is 2. The number of carboxylic acid groups (broad SMARTS) is 1. The number of rotatable bonds is 5. The number of urea groups is 1. The second kappa shape index (κ2) is 7.31. The maximum absolute atomic E-state index is 11.8. The van der Waals surface area contributed by atoms with Gasteiger partial charge in [-0.3, -0.25) is 4.79 Å².